The van der Waals surface area contributed by atoms with E-state index in [0.717, 1.165) is 0 Å². The number of guanidine groups is 1. The molecule has 0 spiro atoms. The van der Waals surface area contributed by atoms with Crippen LogP contribution in [0.5, 0.6) is 0 Å². The predicted octanol–water partition coefficient (Wildman–Crippen LogP) is -3.78. The lowest BCUT2D eigenvalue weighted by Gasteiger charge is -2.29. The molecule has 4 unspecified atom stereocenters. The number of aliphatic carboxylic acids is 1. The molecular formula is C18H32N8O6S. The fourth-order valence-electron chi connectivity index (χ4n) is 3.29. The smallest absolute Gasteiger partial charge is 0.326 e. The molecule has 0 aromatic heterocycles. The summed E-state index contributed by atoms with van der Waals surface area (Å²) in [6.07, 6.45) is 0.933. The second kappa shape index (κ2) is 13.5. The van der Waals surface area contributed by atoms with Crippen molar-refractivity contribution < 1.29 is 29.1 Å². The zero-order valence-corrected chi connectivity index (χ0v) is 19.0. The Morgan fingerprint density at radius 2 is 1.79 bits per heavy atom. The van der Waals surface area contributed by atoms with Crippen LogP contribution in [0.15, 0.2) is 4.99 Å². The lowest BCUT2D eigenvalue weighted by atomic mass is 10.1. The van der Waals surface area contributed by atoms with Crippen molar-refractivity contribution in [1.29, 1.82) is 0 Å². The van der Waals surface area contributed by atoms with Crippen molar-refractivity contribution in [2.45, 2.75) is 56.3 Å². The Bertz CT molecular complexity index is 775. The molecule has 0 radical (unpaired) electrons. The van der Waals surface area contributed by atoms with Gasteiger partial charge < -0.3 is 43.6 Å². The van der Waals surface area contributed by atoms with Crippen molar-refractivity contribution in [2.24, 2.45) is 27.9 Å². The number of carbonyl (C=O) groups is 5. The molecule has 186 valence electrons. The van der Waals surface area contributed by atoms with E-state index in [1.807, 2.05) is 0 Å². The maximum absolute atomic E-state index is 13.0. The summed E-state index contributed by atoms with van der Waals surface area (Å²) in [5.74, 6) is -4.28. The third-order valence-electron chi connectivity index (χ3n) is 4.96. The molecule has 0 aromatic carbocycles. The monoisotopic (exact) mass is 488 g/mol. The van der Waals surface area contributed by atoms with E-state index in [0.29, 0.717) is 19.4 Å². The fourth-order valence-corrected chi connectivity index (χ4v) is 3.53. The largest absolute Gasteiger partial charge is 0.480 e. The van der Waals surface area contributed by atoms with Gasteiger partial charge in [-0.25, -0.2) is 4.79 Å². The first-order valence-electron chi connectivity index (χ1n) is 10.3. The standard InChI is InChI=1S/C18H32N8O6S/c19-9(3-1-5-23-18(21)22)14(28)25-11(8-33)16(30)26-6-2-4-12(26)15(29)24-10(17(31)32)7-13(20)27/h9-12,33H,1-8,19H2,(H2,20,27)(H,24,29)(H,25,28)(H,31,32)(H4,21,22,23). The molecule has 4 amide bonds. The van der Waals surface area contributed by atoms with Crippen molar-refractivity contribution >= 4 is 48.2 Å². The molecule has 1 fully saturated rings. The minimum Gasteiger partial charge on any atom is -0.480 e. The number of nitrogens with two attached hydrogens (primary N) is 4. The van der Waals surface area contributed by atoms with Gasteiger partial charge in [-0.05, 0) is 25.7 Å². The lowest BCUT2D eigenvalue weighted by molar-refractivity contribution is -0.145. The maximum atomic E-state index is 13.0. The van der Waals surface area contributed by atoms with Gasteiger partial charge in [0.25, 0.3) is 0 Å². The molecule has 1 aliphatic heterocycles. The molecule has 1 heterocycles. The average molecular weight is 489 g/mol. The minimum atomic E-state index is -1.51. The van der Waals surface area contributed by atoms with Gasteiger partial charge in [0.15, 0.2) is 5.96 Å². The average Bonchev–Trinajstić information content (AvgIpc) is 3.23. The summed E-state index contributed by atoms with van der Waals surface area (Å²) >= 11 is 4.12. The molecule has 1 saturated heterocycles. The van der Waals surface area contributed by atoms with Crippen LogP contribution in [0.4, 0.5) is 0 Å². The molecule has 4 atom stereocenters. The van der Waals surface area contributed by atoms with Crippen LogP contribution >= 0.6 is 12.6 Å². The van der Waals surface area contributed by atoms with Crippen LogP contribution in [0.3, 0.4) is 0 Å². The highest BCUT2D eigenvalue weighted by Gasteiger charge is 2.39. The van der Waals surface area contributed by atoms with Crippen LogP contribution in [0.2, 0.25) is 0 Å². The van der Waals surface area contributed by atoms with Crippen LogP contribution in [-0.4, -0.2) is 88.6 Å². The van der Waals surface area contributed by atoms with Gasteiger partial charge in [-0.1, -0.05) is 0 Å². The molecule has 0 aromatic rings. The van der Waals surface area contributed by atoms with E-state index in [1.54, 1.807) is 0 Å². The van der Waals surface area contributed by atoms with Gasteiger partial charge in [0.1, 0.15) is 18.1 Å². The van der Waals surface area contributed by atoms with Crippen molar-refractivity contribution in [2.75, 3.05) is 18.8 Å². The van der Waals surface area contributed by atoms with Crippen molar-refractivity contribution in [1.82, 2.24) is 15.5 Å². The first kappa shape index (κ1) is 28.0. The number of carboxylic acid groups (broad SMARTS) is 1. The van der Waals surface area contributed by atoms with E-state index >= 15 is 0 Å². The van der Waals surface area contributed by atoms with Crippen LogP contribution in [0.25, 0.3) is 0 Å². The van der Waals surface area contributed by atoms with Crippen LogP contribution in [-0.2, 0) is 24.0 Å². The number of likely N-dealkylation sites (tertiary alicyclic amines) is 1. The first-order valence-corrected chi connectivity index (χ1v) is 10.9. The summed E-state index contributed by atoms with van der Waals surface area (Å²) in [4.78, 5) is 65.4. The number of rotatable bonds is 13. The van der Waals surface area contributed by atoms with Crippen LogP contribution in [0, 0.1) is 0 Å². The van der Waals surface area contributed by atoms with Gasteiger partial charge in [-0.2, -0.15) is 12.6 Å². The second-order valence-corrected chi connectivity index (χ2v) is 7.92. The Morgan fingerprint density at radius 1 is 1.12 bits per heavy atom. The summed E-state index contributed by atoms with van der Waals surface area (Å²) in [7, 11) is 0. The summed E-state index contributed by atoms with van der Waals surface area (Å²) < 4.78 is 0. The van der Waals surface area contributed by atoms with Crippen molar-refractivity contribution in [3.63, 3.8) is 0 Å². The molecule has 15 heteroatoms. The molecule has 0 bridgehead atoms. The highest BCUT2D eigenvalue weighted by atomic mass is 32.1. The number of aliphatic imine (C=N–C) groups is 1. The van der Waals surface area contributed by atoms with E-state index in [9.17, 15) is 29.1 Å². The molecule has 0 aliphatic carbocycles. The highest BCUT2D eigenvalue weighted by molar-refractivity contribution is 7.80. The minimum absolute atomic E-state index is 0.0461. The molecule has 11 N–H and O–H groups in total. The lowest BCUT2D eigenvalue weighted by Crippen LogP contribution is -2.57. The third kappa shape index (κ3) is 9.13. The summed E-state index contributed by atoms with van der Waals surface area (Å²) in [5, 5.41) is 14.0. The second-order valence-electron chi connectivity index (χ2n) is 7.56. The zero-order valence-electron chi connectivity index (χ0n) is 18.1. The van der Waals surface area contributed by atoms with Gasteiger partial charge in [-0.15, -0.1) is 0 Å². The van der Waals surface area contributed by atoms with E-state index in [4.69, 9.17) is 22.9 Å². The van der Waals surface area contributed by atoms with Crippen molar-refractivity contribution in [3.8, 4) is 0 Å². The SMILES string of the molecule is NC(=O)CC(NC(=O)C1CCCN1C(=O)C(CS)NC(=O)C(N)CCCN=C(N)N)C(=O)O. The summed E-state index contributed by atoms with van der Waals surface area (Å²) in [6.45, 7) is 0.533. The number of primary amides is 1. The Kier molecular flexibility index (Phi) is 11.4. The molecule has 1 rings (SSSR count). The van der Waals surface area contributed by atoms with E-state index < -0.39 is 60.2 Å². The maximum Gasteiger partial charge on any atom is 0.326 e. The summed E-state index contributed by atoms with van der Waals surface area (Å²) in [5.41, 5.74) is 21.3. The van der Waals surface area contributed by atoms with E-state index in [1.165, 1.54) is 4.90 Å². The zero-order chi connectivity index (χ0) is 25.1. The van der Waals surface area contributed by atoms with E-state index in [2.05, 4.69) is 28.3 Å². The number of carbonyl (C=O) groups excluding carboxylic acids is 4. The molecular weight excluding hydrogens is 456 g/mol. The number of nitrogens with one attached hydrogen (secondary N) is 2. The van der Waals surface area contributed by atoms with E-state index in [-0.39, 0.29) is 31.1 Å². The predicted molar refractivity (Wildman–Crippen MR) is 122 cm³/mol. The first-order chi connectivity index (χ1) is 15.5. The van der Waals surface area contributed by atoms with Gasteiger partial charge in [-0.3, -0.25) is 24.2 Å². The Labute approximate surface area is 196 Å². The topological polar surface area (TPSA) is 249 Å². The highest BCUT2D eigenvalue weighted by Crippen LogP contribution is 2.19. The number of nitrogens with zero attached hydrogens (tertiary/aromatic N) is 2. The molecule has 0 saturated carbocycles. The number of amides is 4. The number of hydrogen-bond donors (Lipinski definition) is 8. The van der Waals surface area contributed by atoms with Gasteiger partial charge in [0, 0.05) is 18.8 Å². The van der Waals surface area contributed by atoms with Gasteiger partial charge >= 0.3 is 5.97 Å². The Morgan fingerprint density at radius 3 is 2.33 bits per heavy atom. The van der Waals surface area contributed by atoms with Gasteiger partial charge in [0.05, 0.1) is 12.5 Å². The molecule has 14 nitrogen and oxygen atoms in total. The normalized spacial score (nSPS) is 18.0. The van der Waals surface area contributed by atoms with Crippen LogP contribution < -0.4 is 33.6 Å². The molecule has 1 aliphatic rings. The molecule has 33 heavy (non-hydrogen) atoms. The Balaban J connectivity index is 2.75. The van der Waals surface area contributed by atoms with Gasteiger partial charge in [0.2, 0.25) is 23.6 Å². The number of carboxylic acids is 1. The van der Waals surface area contributed by atoms with Crippen LogP contribution in [0.1, 0.15) is 32.1 Å². The summed E-state index contributed by atoms with van der Waals surface area (Å²) in [6, 6.07) is -4.42. The number of hydrogen-bond acceptors (Lipinski definition) is 8. The van der Waals surface area contributed by atoms with Crippen molar-refractivity contribution in [3.05, 3.63) is 0 Å². The third-order valence-corrected chi connectivity index (χ3v) is 5.33. The fraction of sp³-hybridized carbons (Fsp3) is 0.667. The Hall–Kier alpha value is -3.07. The number of thiol groups is 1. The quantitative estimate of drug-likeness (QED) is 0.0547.